The van der Waals surface area contributed by atoms with Crippen LogP contribution in [0.1, 0.15) is 30.0 Å². The normalized spacial score (nSPS) is 17.1. The topological polar surface area (TPSA) is 36.0 Å². The summed E-state index contributed by atoms with van der Waals surface area (Å²) in [6.07, 6.45) is 1.74. The summed E-state index contributed by atoms with van der Waals surface area (Å²) in [6, 6.07) is 16.6. The molecule has 0 spiro atoms. The zero-order valence-corrected chi connectivity index (χ0v) is 18.6. The van der Waals surface area contributed by atoms with E-state index in [9.17, 15) is 4.79 Å². The number of piperazine rings is 1. The van der Waals surface area contributed by atoms with E-state index < -0.39 is 0 Å². The molecule has 0 aromatic heterocycles. The van der Waals surface area contributed by atoms with Crippen LogP contribution in [0.2, 0.25) is 0 Å². The molecule has 1 saturated heterocycles. The summed E-state index contributed by atoms with van der Waals surface area (Å²) in [4.78, 5) is 19.4. The Kier molecular flexibility index (Phi) is 6.92. The Balaban J connectivity index is 1.35. The van der Waals surface area contributed by atoms with E-state index in [1.165, 1.54) is 22.4 Å². The quantitative estimate of drug-likeness (QED) is 0.670. The molecule has 31 heavy (non-hydrogen) atoms. The van der Waals surface area contributed by atoms with Crippen molar-refractivity contribution >= 4 is 11.8 Å². The highest BCUT2D eigenvalue weighted by Gasteiger charge is 2.22. The third-order valence-electron chi connectivity index (χ3n) is 6.12. The van der Waals surface area contributed by atoms with Gasteiger partial charge in [0, 0.05) is 51.5 Å². The van der Waals surface area contributed by atoms with Crippen LogP contribution < -0.4 is 4.90 Å². The molecule has 1 fully saturated rings. The first-order chi connectivity index (χ1) is 15.1. The number of nitrogens with zero attached hydrogens (tertiary/aromatic N) is 3. The number of anilines is 1. The summed E-state index contributed by atoms with van der Waals surface area (Å²) in [5, 5.41) is 0. The van der Waals surface area contributed by atoms with Gasteiger partial charge in [0.05, 0.1) is 0 Å². The lowest BCUT2D eigenvalue weighted by Gasteiger charge is -2.36. The average Bonchev–Trinajstić information content (AvgIpc) is 3.00. The van der Waals surface area contributed by atoms with Gasteiger partial charge in [-0.2, -0.15) is 0 Å². The van der Waals surface area contributed by atoms with Gasteiger partial charge in [-0.3, -0.25) is 4.90 Å². The average molecular weight is 420 g/mol. The number of carbonyl (C=O) groups excluding carboxylic acids is 1. The van der Waals surface area contributed by atoms with Gasteiger partial charge < -0.3 is 14.5 Å². The molecule has 0 bridgehead atoms. The van der Waals surface area contributed by atoms with Crippen molar-refractivity contribution in [3.05, 3.63) is 77.4 Å². The number of fused-ring (bicyclic) bond motifs is 1. The van der Waals surface area contributed by atoms with Crippen molar-refractivity contribution in [1.82, 2.24) is 9.80 Å². The summed E-state index contributed by atoms with van der Waals surface area (Å²) >= 11 is 0. The number of hydrogen-bond acceptors (Lipinski definition) is 4. The summed E-state index contributed by atoms with van der Waals surface area (Å²) in [5.41, 5.74) is 6.14. The second-order valence-corrected chi connectivity index (χ2v) is 8.74. The molecule has 4 rings (SSSR count). The fourth-order valence-corrected chi connectivity index (χ4v) is 4.45. The van der Waals surface area contributed by atoms with Crippen molar-refractivity contribution in [3.8, 4) is 0 Å². The van der Waals surface area contributed by atoms with E-state index in [2.05, 4.69) is 41.5 Å². The molecular weight excluding hydrogens is 386 g/mol. The maximum Gasteiger partial charge on any atom is 0.410 e. The van der Waals surface area contributed by atoms with Crippen LogP contribution in [0.5, 0.6) is 0 Å². The number of ether oxygens (including phenoxy) is 1. The Labute approximate surface area is 185 Å². The predicted octanol–water partition coefficient (Wildman–Crippen LogP) is 4.47. The van der Waals surface area contributed by atoms with Gasteiger partial charge in [0.1, 0.15) is 6.61 Å². The monoisotopic (exact) mass is 419 g/mol. The van der Waals surface area contributed by atoms with Gasteiger partial charge >= 0.3 is 6.09 Å². The Morgan fingerprint density at radius 3 is 2.52 bits per heavy atom. The van der Waals surface area contributed by atoms with Gasteiger partial charge in [0.15, 0.2) is 0 Å². The molecule has 5 nitrogen and oxygen atoms in total. The van der Waals surface area contributed by atoms with E-state index in [-0.39, 0.29) is 6.09 Å². The van der Waals surface area contributed by atoms with Crippen LogP contribution in [-0.2, 0) is 24.3 Å². The molecule has 0 radical (unpaired) electrons. The van der Waals surface area contributed by atoms with E-state index in [0.29, 0.717) is 13.2 Å². The number of aryl methyl sites for hydroxylation is 1. The Morgan fingerprint density at radius 2 is 1.77 bits per heavy atom. The number of hydrogen-bond donors (Lipinski definition) is 0. The number of carbonyl (C=O) groups is 1. The van der Waals surface area contributed by atoms with Crippen molar-refractivity contribution in [2.24, 2.45) is 0 Å². The van der Waals surface area contributed by atoms with E-state index in [4.69, 9.17) is 4.74 Å². The summed E-state index contributed by atoms with van der Waals surface area (Å²) < 4.78 is 5.56. The van der Waals surface area contributed by atoms with Crippen LogP contribution in [0.25, 0.3) is 0 Å². The van der Waals surface area contributed by atoms with Gasteiger partial charge in [0.2, 0.25) is 0 Å². The zero-order valence-electron chi connectivity index (χ0n) is 18.6. The Bertz CT molecular complexity index is 904. The predicted molar refractivity (Wildman–Crippen MR) is 125 cm³/mol. The molecule has 0 aliphatic carbocycles. The van der Waals surface area contributed by atoms with Crippen LogP contribution in [0.3, 0.4) is 0 Å². The zero-order chi connectivity index (χ0) is 21.6. The Morgan fingerprint density at radius 1 is 1.00 bits per heavy atom. The SMILES string of the molecule is C=C(C)CN1CCN(c2ccc3c(c2)CCCN(C(=O)OCc2ccccc2)C3)CC1. The lowest BCUT2D eigenvalue weighted by atomic mass is 10.0. The lowest BCUT2D eigenvalue weighted by Crippen LogP contribution is -2.46. The molecular formula is C26H33N3O2. The minimum atomic E-state index is -0.227. The second kappa shape index (κ2) is 10.0. The number of benzene rings is 2. The van der Waals surface area contributed by atoms with Crippen LogP contribution in [0.4, 0.5) is 10.5 Å². The first-order valence-corrected chi connectivity index (χ1v) is 11.3. The number of rotatable bonds is 5. The fourth-order valence-electron chi connectivity index (χ4n) is 4.45. The third-order valence-corrected chi connectivity index (χ3v) is 6.12. The van der Waals surface area contributed by atoms with Crippen molar-refractivity contribution in [3.63, 3.8) is 0 Å². The minimum Gasteiger partial charge on any atom is -0.445 e. The number of amides is 1. The summed E-state index contributed by atoms with van der Waals surface area (Å²) in [5.74, 6) is 0. The van der Waals surface area contributed by atoms with Crippen molar-refractivity contribution in [2.75, 3.05) is 44.2 Å². The molecule has 0 N–H and O–H groups in total. The summed E-state index contributed by atoms with van der Waals surface area (Å²) in [6.45, 7) is 13.0. The van der Waals surface area contributed by atoms with E-state index in [0.717, 1.165) is 57.7 Å². The second-order valence-electron chi connectivity index (χ2n) is 8.74. The summed E-state index contributed by atoms with van der Waals surface area (Å²) in [7, 11) is 0. The van der Waals surface area contributed by atoms with E-state index >= 15 is 0 Å². The first kappa shape index (κ1) is 21.4. The fraction of sp³-hybridized carbons (Fsp3) is 0.423. The molecule has 5 heteroatoms. The largest absolute Gasteiger partial charge is 0.445 e. The molecule has 1 amide bonds. The van der Waals surface area contributed by atoms with Crippen LogP contribution in [0.15, 0.2) is 60.7 Å². The van der Waals surface area contributed by atoms with Gasteiger partial charge in [-0.05, 0) is 48.6 Å². The minimum absolute atomic E-state index is 0.227. The van der Waals surface area contributed by atoms with Crippen LogP contribution in [0, 0.1) is 0 Å². The molecule has 2 aromatic rings. The smallest absolute Gasteiger partial charge is 0.410 e. The van der Waals surface area contributed by atoms with Gasteiger partial charge in [-0.15, -0.1) is 0 Å². The van der Waals surface area contributed by atoms with Crippen LogP contribution in [-0.4, -0.2) is 55.2 Å². The van der Waals surface area contributed by atoms with Crippen LogP contribution >= 0.6 is 0 Å². The van der Waals surface area contributed by atoms with E-state index in [1.54, 1.807) is 0 Å². The van der Waals surface area contributed by atoms with Gasteiger partial charge in [-0.1, -0.05) is 48.6 Å². The molecule has 0 atom stereocenters. The van der Waals surface area contributed by atoms with E-state index in [1.807, 2.05) is 35.2 Å². The standard InChI is InChI=1S/C26H33N3O2/c1-21(2)18-27-13-15-28(16-14-27)25-11-10-24-19-29(12-6-9-23(24)17-25)26(30)31-20-22-7-4-3-5-8-22/h3-5,7-8,10-11,17H,1,6,9,12-16,18-20H2,2H3. The lowest BCUT2D eigenvalue weighted by molar-refractivity contribution is 0.0942. The van der Waals surface area contributed by atoms with Crippen molar-refractivity contribution in [1.29, 1.82) is 0 Å². The molecule has 2 aliphatic heterocycles. The van der Waals surface area contributed by atoms with Gasteiger partial charge in [0.25, 0.3) is 0 Å². The van der Waals surface area contributed by atoms with Crippen molar-refractivity contribution < 1.29 is 9.53 Å². The highest BCUT2D eigenvalue weighted by molar-refractivity contribution is 5.68. The molecule has 2 aliphatic rings. The molecule has 2 aromatic carbocycles. The maximum absolute atomic E-state index is 12.6. The van der Waals surface area contributed by atoms with Gasteiger partial charge in [-0.25, -0.2) is 4.79 Å². The highest BCUT2D eigenvalue weighted by Crippen LogP contribution is 2.26. The third kappa shape index (κ3) is 5.67. The highest BCUT2D eigenvalue weighted by atomic mass is 16.6. The van der Waals surface area contributed by atoms with Crippen molar-refractivity contribution in [2.45, 2.75) is 32.9 Å². The Hall–Kier alpha value is -2.79. The first-order valence-electron chi connectivity index (χ1n) is 11.3. The molecule has 164 valence electrons. The molecule has 2 heterocycles. The maximum atomic E-state index is 12.6. The molecule has 0 saturated carbocycles. The molecule has 0 unspecified atom stereocenters.